The molecule has 97 heavy (non-hydrogen) atoms. The molecule has 0 unspecified atom stereocenters. The highest BCUT2D eigenvalue weighted by atomic mass is 31.2. The van der Waals surface area contributed by atoms with Crippen molar-refractivity contribution in [2.45, 2.75) is 0 Å². The third kappa shape index (κ3) is 12.7. The van der Waals surface area contributed by atoms with Gasteiger partial charge >= 0.3 is 0 Å². The van der Waals surface area contributed by atoms with Crippen LogP contribution >= 0.6 is 21.2 Å². The predicted molar refractivity (Wildman–Crippen MR) is 419 cm³/mol. The van der Waals surface area contributed by atoms with Gasteiger partial charge in [0.2, 0.25) is 0 Å². The Morgan fingerprint density at radius 1 is 0.144 bits per heavy atom. The van der Waals surface area contributed by atoms with Gasteiger partial charge in [-0.25, -0.2) is 0 Å². The van der Waals surface area contributed by atoms with Crippen molar-refractivity contribution < 1.29 is 0 Å². The SMILES string of the molecule is c1ccc(P(=Nc2ccc(-c3ccc(N(c4ccc(-c5ccc(N=P(c6ccccc6)(c6ccccc6)c6ccccc6)cc5)cc4)c4ccc(-c5ccc(N=P(c6ccccc6)(c6ccccc6)c6ccccc6)cc5)cc4)cc3)cc2)(c2ccccc2)c2ccccc2)cc1. The summed E-state index contributed by atoms with van der Waals surface area (Å²) >= 11 is 0. The third-order valence-electron chi connectivity index (χ3n) is 17.9. The van der Waals surface area contributed by atoms with Crippen LogP contribution in [0.1, 0.15) is 0 Å². The van der Waals surface area contributed by atoms with Crippen LogP contribution < -0.4 is 52.6 Å². The van der Waals surface area contributed by atoms with Gasteiger partial charge in [0.05, 0.1) is 38.2 Å². The Hall–Kier alpha value is -11.2. The minimum Gasteiger partial charge on any atom is -0.311 e. The summed E-state index contributed by atoms with van der Waals surface area (Å²) in [5, 5.41) is 10.9. The number of nitrogens with zero attached hydrogens (tertiary/aromatic N) is 4. The maximum atomic E-state index is 5.78. The summed E-state index contributed by atoms with van der Waals surface area (Å²) in [4.78, 5) is 2.35. The largest absolute Gasteiger partial charge is 0.311 e. The molecule has 15 rings (SSSR count). The Labute approximate surface area is 570 Å². The normalized spacial score (nSPS) is 11.5. The number of benzene rings is 15. The van der Waals surface area contributed by atoms with Crippen LogP contribution in [0.5, 0.6) is 0 Å². The average molecular weight is 1300 g/mol. The lowest BCUT2D eigenvalue weighted by Crippen LogP contribution is -2.25. The predicted octanol–water partition coefficient (Wildman–Crippen LogP) is 21.6. The van der Waals surface area contributed by atoms with Gasteiger partial charge in [-0.2, -0.15) is 0 Å². The van der Waals surface area contributed by atoms with Crippen molar-refractivity contribution in [1.29, 1.82) is 0 Å². The van der Waals surface area contributed by atoms with E-state index >= 15 is 0 Å². The molecular weight excluding hydrogens is 1230 g/mol. The van der Waals surface area contributed by atoms with E-state index in [1.807, 2.05) is 0 Å². The Bertz CT molecular complexity index is 4400. The Morgan fingerprint density at radius 2 is 0.278 bits per heavy atom. The van der Waals surface area contributed by atoms with E-state index in [9.17, 15) is 0 Å². The van der Waals surface area contributed by atoms with Gasteiger partial charge in [0, 0.05) is 64.8 Å². The minimum absolute atomic E-state index is 0.940. The topological polar surface area (TPSA) is 40.3 Å². The molecule has 0 aromatic heterocycles. The maximum Gasteiger partial charge on any atom is 0.0625 e. The molecule has 0 amide bonds. The summed E-state index contributed by atoms with van der Waals surface area (Å²) in [6.07, 6.45) is 0. The fourth-order valence-corrected chi connectivity index (χ4v) is 23.8. The van der Waals surface area contributed by atoms with Gasteiger partial charge < -0.3 is 4.90 Å². The van der Waals surface area contributed by atoms with E-state index < -0.39 is 21.2 Å². The summed E-state index contributed by atoms with van der Waals surface area (Å²) in [6.45, 7) is 0. The van der Waals surface area contributed by atoms with Crippen molar-refractivity contribution in [3.05, 3.63) is 419 Å². The molecule has 7 heteroatoms. The number of hydrogen-bond acceptors (Lipinski definition) is 4. The lowest BCUT2D eigenvalue weighted by molar-refractivity contribution is 1.28. The van der Waals surface area contributed by atoms with Gasteiger partial charge in [0.1, 0.15) is 0 Å². The molecule has 15 aromatic carbocycles. The van der Waals surface area contributed by atoms with Crippen molar-refractivity contribution in [2.75, 3.05) is 4.90 Å². The third-order valence-corrected chi connectivity index (χ3v) is 28.9. The van der Waals surface area contributed by atoms with E-state index in [0.717, 1.165) is 67.5 Å². The molecule has 15 aromatic rings. The monoisotopic (exact) mass is 1300 g/mol. The van der Waals surface area contributed by atoms with E-state index in [-0.39, 0.29) is 0 Å². The fraction of sp³-hybridized carbons (Fsp3) is 0. The first kappa shape index (κ1) is 61.9. The molecule has 0 N–H and O–H groups in total. The van der Waals surface area contributed by atoms with E-state index in [2.05, 4.69) is 423 Å². The lowest BCUT2D eigenvalue weighted by atomic mass is 10.0. The quantitative estimate of drug-likeness (QED) is 0.0789. The van der Waals surface area contributed by atoms with E-state index in [4.69, 9.17) is 14.2 Å². The van der Waals surface area contributed by atoms with Gasteiger partial charge in [0.25, 0.3) is 0 Å². The maximum absolute atomic E-state index is 5.78. The summed E-state index contributed by atoms with van der Waals surface area (Å²) in [5.41, 5.74) is 12.7. The Balaban J connectivity index is 0.774. The van der Waals surface area contributed by atoms with Crippen LogP contribution in [0.2, 0.25) is 0 Å². The second-order valence-corrected chi connectivity index (χ2v) is 32.9. The van der Waals surface area contributed by atoms with Crippen molar-refractivity contribution in [1.82, 2.24) is 0 Å². The Kier molecular flexibility index (Phi) is 18.1. The first-order chi connectivity index (χ1) is 48.0. The van der Waals surface area contributed by atoms with Crippen LogP contribution in [0.4, 0.5) is 34.1 Å². The average Bonchev–Trinajstić information content (AvgIpc) is 0.953. The van der Waals surface area contributed by atoms with Crippen LogP contribution in [0.3, 0.4) is 0 Å². The van der Waals surface area contributed by atoms with Crippen molar-refractivity contribution in [3.8, 4) is 33.4 Å². The van der Waals surface area contributed by atoms with Crippen molar-refractivity contribution in [2.24, 2.45) is 14.2 Å². The minimum atomic E-state index is -2.44. The standard InChI is InChI=1S/C90H69N4P3/c1-10-28-82(29-11-1)95(83-30-12-2-13-31-83,84-32-14-3-15-33-84)91-76-58-46-70(47-59-76)73-52-64-79(65-53-73)94(80-66-54-74(55-67-80)71-48-60-77(61-49-71)92-96(85-34-16-4-17-35-85,86-36-18-5-19-37-86)87-38-20-6-21-39-87)81-68-56-75(57-69-81)72-50-62-78(63-51-72)93-97(88-40-22-7-23-41-88,89-42-24-8-25-43-89)90-44-26-9-27-45-90/h1-69H. The molecule has 0 saturated carbocycles. The van der Waals surface area contributed by atoms with Gasteiger partial charge in [-0.05, 0) is 106 Å². The summed E-state index contributed by atoms with van der Waals surface area (Å²) in [7, 11) is -7.33. The molecule has 0 atom stereocenters. The number of hydrogen-bond donors (Lipinski definition) is 0. The molecule has 0 saturated heterocycles. The highest BCUT2D eigenvalue weighted by Crippen LogP contribution is 2.52. The summed E-state index contributed by atoms with van der Waals surface area (Å²) in [6, 6.07) is 150. The molecule has 0 fully saturated rings. The summed E-state index contributed by atoms with van der Waals surface area (Å²) < 4.78 is 17.4. The lowest BCUT2D eigenvalue weighted by Gasteiger charge is -2.27. The van der Waals surface area contributed by atoms with Gasteiger partial charge in [0.15, 0.2) is 0 Å². The Morgan fingerprint density at radius 3 is 0.423 bits per heavy atom. The van der Waals surface area contributed by atoms with Crippen molar-refractivity contribution >= 4 is 103 Å². The zero-order chi connectivity index (χ0) is 65.1. The molecule has 0 aliphatic carbocycles. The highest BCUT2D eigenvalue weighted by molar-refractivity contribution is 7.88. The van der Waals surface area contributed by atoms with Gasteiger partial charge in [-0.1, -0.05) is 346 Å². The van der Waals surface area contributed by atoms with E-state index in [1.165, 1.54) is 47.7 Å². The second kappa shape index (κ2) is 28.4. The van der Waals surface area contributed by atoms with Crippen LogP contribution in [-0.2, 0) is 0 Å². The zero-order valence-electron chi connectivity index (χ0n) is 53.5. The second-order valence-electron chi connectivity index (χ2n) is 23.8. The molecule has 0 bridgehead atoms. The van der Waals surface area contributed by atoms with Crippen LogP contribution in [-0.4, -0.2) is 0 Å². The van der Waals surface area contributed by atoms with E-state index in [1.54, 1.807) is 0 Å². The molecule has 0 aliphatic rings. The molecule has 0 aliphatic heterocycles. The van der Waals surface area contributed by atoms with E-state index in [0.29, 0.717) is 0 Å². The smallest absolute Gasteiger partial charge is 0.0625 e. The number of rotatable bonds is 18. The van der Waals surface area contributed by atoms with Crippen LogP contribution in [0, 0.1) is 0 Å². The first-order valence-electron chi connectivity index (χ1n) is 32.8. The van der Waals surface area contributed by atoms with Crippen LogP contribution in [0.15, 0.2) is 433 Å². The highest BCUT2D eigenvalue weighted by Gasteiger charge is 2.30. The van der Waals surface area contributed by atoms with Crippen LogP contribution in [0.25, 0.3) is 33.4 Å². The van der Waals surface area contributed by atoms with Gasteiger partial charge in [-0.3, -0.25) is 14.2 Å². The molecule has 4 nitrogen and oxygen atoms in total. The molecule has 464 valence electrons. The molecule has 0 radical (unpaired) electrons. The first-order valence-corrected chi connectivity index (χ1v) is 38.1. The molecular formula is C90H69N4P3. The molecule has 0 spiro atoms. The van der Waals surface area contributed by atoms with Gasteiger partial charge in [-0.15, -0.1) is 0 Å². The summed E-state index contributed by atoms with van der Waals surface area (Å²) in [5.74, 6) is 0. The van der Waals surface area contributed by atoms with Crippen molar-refractivity contribution in [3.63, 3.8) is 0 Å². The zero-order valence-corrected chi connectivity index (χ0v) is 56.2. The fourth-order valence-electron chi connectivity index (χ4n) is 13.2. The number of anilines is 3. The molecule has 0 heterocycles.